The number of nitrogens with zero attached hydrogens (tertiary/aromatic N) is 3. The Morgan fingerprint density at radius 1 is 1.21 bits per heavy atom. The van der Waals surface area contributed by atoms with Crippen LogP contribution in [0.2, 0.25) is 0 Å². The van der Waals surface area contributed by atoms with E-state index in [4.69, 9.17) is 14.5 Å². The van der Waals surface area contributed by atoms with E-state index in [1.54, 1.807) is 36.3 Å². The minimum atomic E-state index is -0.252. The first kappa shape index (κ1) is 21.5. The average molecular weight is 466 g/mol. The molecule has 0 spiro atoms. The lowest BCUT2D eigenvalue weighted by molar-refractivity contribution is -0.121. The van der Waals surface area contributed by atoms with Gasteiger partial charge in [-0.25, -0.2) is 4.98 Å². The maximum atomic E-state index is 13.7. The zero-order valence-electron chi connectivity index (χ0n) is 18.2. The number of hydrogen-bond acceptors (Lipinski definition) is 7. The van der Waals surface area contributed by atoms with Crippen molar-refractivity contribution in [1.82, 2.24) is 4.98 Å². The molecule has 0 N–H and O–H groups in total. The summed E-state index contributed by atoms with van der Waals surface area (Å²) in [5.74, 6) is -0.0262. The number of carbonyl (C=O) groups is 3. The van der Waals surface area contributed by atoms with Crippen LogP contribution in [-0.4, -0.2) is 49.1 Å². The van der Waals surface area contributed by atoms with Gasteiger partial charge in [-0.2, -0.15) is 0 Å². The van der Waals surface area contributed by atoms with Crippen LogP contribution in [0, 0.1) is 0 Å². The van der Waals surface area contributed by atoms with Crippen molar-refractivity contribution in [3.63, 3.8) is 0 Å². The molecule has 8 nitrogen and oxygen atoms in total. The first-order chi connectivity index (χ1) is 16.0. The molecule has 5 rings (SSSR count). The second kappa shape index (κ2) is 8.92. The smallest absolute Gasteiger partial charge is 0.260 e. The number of anilines is 2. The van der Waals surface area contributed by atoms with Gasteiger partial charge in [0.25, 0.3) is 5.91 Å². The predicted molar refractivity (Wildman–Crippen MR) is 125 cm³/mol. The minimum absolute atomic E-state index is 0.0691. The van der Waals surface area contributed by atoms with Crippen molar-refractivity contribution in [1.29, 1.82) is 0 Å². The van der Waals surface area contributed by atoms with Gasteiger partial charge in [0.2, 0.25) is 11.8 Å². The molecule has 1 unspecified atom stereocenters. The van der Waals surface area contributed by atoms with Gasteiger partial charge in [0, 0.05) is 25.0 Å². The first-order valence-electron chi connectivity index (χ1n) is 10.9. The molecule has 0 saturated carbocycles. The van der Waals surface area contributed by atoms with Gasteiger partial charge in [-0.1, -0.05) is 17.4 Å². The van der Waals surface area contributed by atoms with E-state index in [-0.39, 0.29) is 36.7 Å². The highest BCUT2D eigenvalue weighted by atomic mass is 32.1. The number of hydrogen-bond donors (Lipinski definition) is 0. The van der Waals surface area contributed by atoms with Crippen LogP contribution in [0.4, 0.5) is 10.8 Å². The Hall–Kier alpha value is -3.30. The summed E-state index contributed by atoms with van der Waals surface area (Å²) in [4.78, 5) is 45.5. The third kappa shape index (κ3) is 4.21. The summed E-state index contributed by atoms with van der Waals surface area (Å²) in [6.45, 7) is 1.06. The van der Waals surface area contributed by atoms with Gasteiger partial charge in [-0.05, 0) is 49.2 Å². The van der Waals surface area contributed by atoms with Gasteiger partial charge < -0.3 is 9.47 Å². The zero-order valence-corrected chi connectivity index (χ0v) is 19.0. The van der Waals surface area contributed by atoms with Crippen LogP contribution in [0.1, 0.15) is 36.0 Å². The average Bonchev–Trinajstić information content (AvgIpc) is 3.56. The molecule has 33 heavy (non-hydrogen) atoms. The molecule has 0 aliphatic carbocycles. The standard InChI is InChI=1S/C24H23N3O5S/c1-31-17-7-8-19-20(13-17)33-24(25-19)26(14-18-6-3-11-32-18)23(30)15-4-2-5-16(12-15)27-21(28)9-10-22(27)29/h2,4-5,7-8,12-13,18H,3,6,9-11,14H2,1H3. The number of aromatic nitrogens is 1. The summed E-state index contributed by atoms with van der Waals surface area (Å²) < 4.78 is 12.0. The van der Waals surface area contributed by atoms with Gasteiger partial charge in [0.05, 0.1) is 35.7 Å². The highest BCUT2D eigenvalue weighted by molar-refractivity contribution is 7.22. The van der Waals surface area contributed by atoms with Gasteiger partial charge in [0.15, 0.2) is 5.13 Å². The fourth-order valence-electron chi connectivity index (χ4n) is 4.17. The van der Waals surface area contributed by atoms with Crippen molar-refractivity contribution in [2.45, 2.75) is 31.8 Å². The van der Waals surface area contributed by atoms with Gasteiger partial charge in [0.1, 0.15) is 5.75 Å². The van der Waals surface area contributed by atoms with E-state index in [1.165, 1.54) is 11.3 Å². The number of benzene rings is 2. The van der Waals surface area contributed by atoms with E-state index in [2.05, 4.69) is 0 Å². The molecular weight excluding hydrogens is 442 g/mol. The molecule has 2 fully saturated rings. The van der Waals surface area contributed by atoms with Crippen LogP contribution in [0.3, 0.4) is 0 Å². The third-order valence-corrected chi connectivity index (χ3v) is 6.91. The number of ether oxygens (including phenoxy) is 2. The van der Waals surface area contributed by atoms with Crippen molar-refractivity contribution in [3.05, 3.63) is 48.0 Å². The SMILES string of the molecule is COc1ccc2nc(N(CC3CCCO3)C(=O)c3cccc(N4C(=O)CCC4=O)c3)sc2c1. The molecule has 1 atom stereocenters. The molecule has 9 heteroatoms. The predicted octanol–water partition coefficient (Wildman–Crippen LogP) is 3.78. The number of carbonyl (C=O) groups excluding carboxylic acids is 3. The van der Waals surface area contributed by atoms with Crippen molar-refractivity contribution in [2.24, 2.45) is 0 Å². The van der Waals surface area contributed by atoms with Crippen LogP contribution in [0.5, 0.6) is 5.75 Å². The fraction of sp³-hybridized carbons (Fsp3) is 0.333. The third-order valence-electron chi connectivity index (χ3n) is 5.87. The zero-order chi connectivity index (χ0) is 22.9. The Morgan fingerprint density at radius 2 is 2.03 bits per heavy atom. The Balaban J connectivity index is 1.50. The Morgan fingerprint density at radius 3 is 2.76 bits per heavy atom. The summed E-state index contributed by atoms with van der Waals surface area (Å²) in [6, 6.07) is 12.3. The molecule has 3 aromatic rings. The second-order valence-electron chi connectivity index (χ2n) is 8.05. The lowest BCUT2D eigenvalue weighted by atomic mass is 10.1. The van der Waals surface area contributed by atoms with Crippen LogP contribution in [0.15, 0.2) is 42.5 Å². The van der Waals surface area contributed by atoms with Crippen LogP contribution in [-0.2, 0) is 14.3 Å². The lowest BCUT2D eigenvalue weighted by Crippen LogP contribution is -2.37. The molecule has 2 aliphatic rings. The van der Waals surface area contributed by atoms with E-state index in [0.717, 1.165) is 33.7 Å². The summed E-state index contributed by atoms with van der Waals surface area (Å²) in [6.07, 6.45) is 2.15. The monoisotopic (exact) mass is 465 g/mol. The molecule has 3 heterocycles. The number of amides is 3. The molecule has 0 radical (unpaired) electrons. The number of rotatable bonds is 6. The molecule has 3 amide bonds. The maximum absolute atomic E-state index is 13.7. The topological polar surface area (TPSA) is 89.0 Å². The Labute approximate surface area is 194 Å². The molecule has 2 aromatic carbocycles. The molecule has 1 aromatic heterocycles. The number of thiazole rings is 1. The summed E-state index contributed by atoms with van der Waals surface area (Å²) in [7, 11) is 1.61. The van der Waals surface area contributed by atoms with Crippen LogP contribution in [0.25, 0.3) is 10.2 Å². The normalized spacial score (nSPS) is 18.3. The summed E-state index contributed by atoms with van der Waals surface area (Å²) in [5, 5.41) is 0.567. The maximum Gasteiger partial charge on any atom is 0.260 e. The molecule has 2 saturated heterocycles. The first-order valence-corrected chi connectivity index (χ1v) is 11.7. The van der Waals surface area contributed by atoms with E-state index < -0.39 is 0 Å². The van der Waals surface area contributed by atoms with Crippen molar-refractivity contribution in [3.8, 4) is 5.75 Å². The minimum Gasteiger partial charge on any atom is -0.497 e. The number of imide groups is 1. The van der Waals surface area contributed by atoms with Crippen molar-refractivity contribution < 1.29 is 23.9 Å². The van der Waals surface area contributed by atoms with E-state index in [9.17, 15) is 14.4 Å². The quantitative estimate of drug-likeness (QED) is 0.515. The molecular formula is C24H23N3O5S. The summed E-state index contributed by atoms with van der Waals surface area (Å²) in [5.41, 5.74) is 1.58. The summed E-state index contributed by atoms with van der Waals surface area (Å²) >= 11 is 1.41. The van der Waals surface area contributed by atoms with E-state index in [0.29, 0.717) is 29.5 Å². The van der Waals surface area contributed by atoms with E-state index in [1.807, 2.05) is 18.2 Å². The largest absolute Gasteiger partial charge is 0.497 e. The molecule has 2 aliphatic heterocycles. The number of fused-ring (bicyclic) bond motifs is 1. The van der Waals surface area contributed by atoms with Gasteiger partial charge in [-0.15, -0.1) is 0 Å². The van der Waals surface area contributed by atoms with Crippen molar-refractivity contribution in [2.75, 3.05) is 30.1 Å². The lowest BCUT2D eigenvalue weighted by Gasteiger charge is -2.23. The fourth-order valence-corrected chi connectivity index (χ4v) is 5.18. The van der Waals surface area contributed by atoms with Gasteiger partial charge >= 0.3 is 0 Å². The van der Waals surface area contributed by atoms with Crippen LogP contribution < -0.4 is 14.5 Å². The number of methoxy groups -OCH3 is 1. The Bertz CT molecular complexity index is 1220. The second-order valence-corrected chi connectivity index (χ2v) is 9.06. The highest BCUT2D eigenvalue weighted by Gasteiger charge is 2.32. The van der Waals surface area contributed by atoms with Gasteiger partial charge in [-0.3, -0.25) is 24.2 Å². The molecule has 0 bridgehead atoms. The highest BCUT2D eigenvalue weighted by Crippen LogP contribution is 2.33. The van der Waals surface area contributed by atoms with E-state index >= 15 is 0 Å². The Kier molecular flexibility index (Phi) is 5.82. The van der Waals surface area contributed by atoms with Crippen molar-refractivity contribution >= 4 is 50.1 Å². The molecule has 170 valence electrons. The van der Waals surface area contributed by atoms with Crippen LogP contribution >= 0.6 is 11.3 Å².